The van der Waals surface area contributed by atoms with Gasteiger partial charge in [0.1, 0.15) is 11.4 Å². The van der Waals surface area contributed by atoms with Crippen molar-refractivity contribution in [1.82, 2.24) is 15.6 Å². The highest BCUT2D eigenvalue weighted by atomic mass is 35.5. The molecule has 1 aromatic carbocycles. The summed E-state index contributed by atoms with van der Waals surface area (Å²) in [6, 6.07) is 5.55. The van der Waals surface area contributed by atoms with Gasteiger partial charge in [0.2, 0.25) is 0 Å². The number of carboxylic acid groups (broad SMARTS) is 1. The number of alkyl carbamates (subject to hydrolysis) is 1. The molecule has 10 nitrogen and oxygen atoms in total. The van der Waals surface area contributed by atoms with Gasteiger partial charge in [0.25, 0.3) is 5.88 Å². The van der Waals surface area contributed by atoms with Crippen molar-refractivity contribution in [3.05, 3.63) is 47.4 Å². The number of aromatic nitrogens is 1. The van der Waals surface area contributed by atoms with Gasteiger partial charge in [0, 0.05) is 18.4 Å². The molecule has 0 saturated heterocycles. The third-order valence-corrected chi connectivity index (χ3v) is 3.96. The standard InChI is InChI=1S/C21H24ClFN4O6/c1-21(2,3)33-20(31)27-14(9-17(28)29)11-25-19(30)26-13-4-6-15(7-5-13)32-18-16(23)8-12(22)10-24-18/h4-8,10,14H,9,11H2,1-3H3,(H,27,31)(H,28,29)(H2,25,26,30). The van der Waals surface area contributed by atoms with Gasteiger partial charge in [0.15, 0.2) is 5.82 Å². The third-order valence-electron chi connectivity index (χ3n) is 3.75. The van der Waals surface area contributed by atoms with Crippen LogP contribution in [-0.4, -0.2) is 46.4 Å². The Morgan fingerprint density at radius 1 is 1.21 bits per heavy atom. The van der Waals surface area contributed by atoms with Crippen molar-refractivity contribution in [1.29, 1.82) is 0 Å². The van der Waals surface area contributed by atoms with Crippen LogP contribution in [-0.2, 0) is 9.53 Å². The number of carbonyl (C=O) groups is 3. The minimum atomic E-state index is -1.15. The van der Waals surface area contributed by atoms with Crippen LogP contribution in [0.5, 0.6) is 11.6 Å². The van der Waals surface area contributed by atoms with E-state index < -0.39 is 42.0 Å². The van der Waals surface area contributed by atoms with Crippen LogP contribution in [0.2, 0.25) is 5.02 Å². The zero-order chi connectivity index (χ0) is 24.6. The Morgan fingerprint density at radius 3 is 2.45 bits per heavy atom. The molecule has 2 rings (SSSR count). The van der Waals surface area contributed by atoms with E-state index in [2.05, 4.69) is 20.9 Å². The van der Waals surface area contributed by atoms with Gasteiger partial charge in [-0.15, -0.1) is 0 Å². The van der Waals surface area contributed by atoms with Crippen LogP contribution in [0, 0.1) is 5.82 Å². The normalized spacial score (nSPS) is 11.8. The molecule has 0 radical (unpaired) electrons. The summed E-state index contributed by atoms with van der Waals surface area (Å²) in [5.41, 5.74) is -0.368. The van der Waals surface area contributed by atoms with Crippen molar-refractivity contribution in [2.24, 2.45) is 0 Å². The highest BCUT2D eigenvalue weighted by Crippen LogP contribution is 2.25. The Hall–Kier alpha value is -3.60. The van der Waals surface area contributed by atoms with E-state index in [-0.39, 0.29) is 23.2 Å². The van der Waals surface area contributed by atoms with E-state index in [1.54, 1.807) is 20.8 Å². The second kappa shape index (κ2) is 11.3. The third kappa shape index (κ3) is 9.60. The highest BCUT2D eigenvalue weighted by Gasteiger charge is 2.21. The molecule has 1 unspecified atom stereocenters. The van der Waals surface area contributed by atoms with E-state index in [1.165, 1.54) is 30.5 Å². The lowest BCUT2D eigenvalue weighted by atomic mass is 10.2. The van der Waals surface area contributed by atoms with Crippen LogP contribution in [0.25, 0.3) is 0 Å². The maximum Gasteiger partial charge on any atom is 0.407 e. The van der Waals surface area contributed by atoms with Crippen LogP contribution in [0.3, 0.4) is 0 Å². The van der Waals surface area contributed by atoms with Crippen molar-refractivity contribution >= 4 is 35.4 Å². The van der Waals surface area contributed by atoms with Crippen LogP contribution in [0.15, 0.2) is 36.5 Å². The molecule has 1 atom stereocenters. The zero-order valence-electron chi connectivity index (χ0n) is 18.1. The number of pyridine rings is 1. The van der Waals surface area contributed by atoms with Gasteiger partial charge in [-0.2, -0.15) is 0 Å². The summed E-state index contributed by atoms with van der Waals surface area (Å²) < 4.78 is 24.2. The zero-order valence-corrected chi connectivity index (χ0v) is 18.9. The number of rotatable bonds is 8. The Bertz CT molecular complexity index is 997. The first-order chi connectivity index (χ1) is 15.4. The van der Waals surface area contributed by atoms with Crippen molar-refractivity contribution in [3.63, 3.8) is 0 Å². The average Bonchev–Trinajstić information content (AvgIpc) is 2.68. The molecule has 4 N–H and O–H groups in total. The van der Waals surface area contributed by atoms with Gasteiger partial charge in [-0.05, 0) is 51.1 Å². The molecular weight excluding hydrogens is 459 g/mol. The Kier molecular flexibility index (Phi) is 8.80. The maximum absolute atomic E-state index is 13.8. The SMILES string of the molecule is CC(C)(C)OC(=O)NC(CNC(=O)Nc1ccc(Oc2ncc(Cl)cc2F)cc1)CC(=O)O. The fourth-order valence-corrected chi connectivity index (χ4v) is 2.59. The molecule has 0 aliphatic rings. The number of amides is 3. The molecule has 0 saturated carbocycles. The van der Waals surface area contributed by atoms with E-state index in [4.69, 9.17) is 26.2 Å². The molecular formula is C21H24ClFN4O6. The number of aliphatic carboxylic acids is 1. The van der Waals surface area contributed by atoms with E-state index in [1.807, 2.05) is 0 Å². The summed E-state index contributed by atoms with van der Waals surface area (Å²) in [6.45, 7) is 4.86. The van der Waals surface area contributed by atoms with E-state index in [0.29, 0.717) is 5.69 Å². The topological polar surface area (TPSA) is 139 Å². The molecule has 1 heterocycles. The van der Waals surface area contributed by atoms with Gasteiger partial charge in [-0.3, -0.25) is 4.79 Å². The summed E-state index contributed by atoms with van der Waals surface area (Å²) >= 11 is 5.65. The number of hydrogen-bond donors (Lipinski definition) is 4. The summed E-state index contributed by atoms with van der Waals surface area (Å²) in [5.74, 6) is -1.85. The molecule has 0 aliphatic heterocycles. The first-order valence-electron chi connectivity index (χ1n) is 9.76. The van der Waals surface area contributed by atoms with Gasteiger partial charge in [-0.25, -0.2) is 19.0 Å². The van der Waals surface area contributed by atoms with Gasteiger partial charge in [0.05, 0.1) is 17.5 Å². The van der Waals surface area contributed by atoms with Gasteiger partial charge in [-0.1, -0.05) is 11.6 Å². The summed E-state index contributed by atoms with van der Waals surface area (Å²) in [4.78, 5) is 38.8. The van der Waals surface area contributed by atoms with Gasteiger partial charge < -0.3 is 30.5 Å². The number of urea groups is 1. The molecule has 0 bridgehead atoms. The Balaban J connectivity index is 1.88. The lowest BCUT2D eigenvalue weighted by Gasteiger charge is -2.23. The average molecular weight is 483 g/mol. The number of nitrogens with zero attached hydrogens (tertiary/aromatic N) is 1. The molecule has 0 fully saturated rings. The Labute approximate surface area is 194 Å². The number of anilines is 1. The molecule has 3 amide bonds. The smallest absolute Gasteiger partial charge is 0.407 e. The number of ether oxygens (including phenoxy) is 2. The van der Waals surface area contributed by atoms with Crippen molar-refractivity contribution < 1.29 is 33.4 Å². The van der Waals surface area contributed by atoms with Crippen LogP contribution in [0.1, 0.15) is 27.2 Å². The summed E-state index contributed by atoms with van der Waals surface area (Å²) in [6.07, 6.45) is 0.0364. The molecule has 1 aromatic heterocycles. The lowest BCUT2D eigenvalue weighted by Crippen LogP contribution is -2.47. The van der Waals surface area contributed by atoms with E-state index >= 15 is 0 Å². The molecule has 2 aromatic rings. The van der Waals surface area contributed by atoms with Crippen LogP contribution in [0.4, 0.5) is 19.7 Å². The fraction of sp³-hybridized carbons (Fsp3) is 0.333. The summed E-state index contributed by atoms with van der Waals surface area (Å²) in [7, 11) is 0. The first kappa shape index (κ1) is 25.7. The quantitative estimate of drug-likeness (QED) is 0.443. The number of nitrogens with one attached hydrogen (secondary N) is 3. The molecule has 12 heteroatoms. The minimum absolute atomic E-state index is 0.136. The molecule has 178 valence electrons. The van der Waals surface area contributed by atoms with Crippen molar-refractivity contribution in [2.75, 3.05) is 11.9 Å². The fourth-order valence-electron chi connectivity index (χ4n) is 2.45. The summed E-state index contributed by atoms with van der Waals surface area (Å²) in [5, 5.41) is 16.6. The number of benzene rings is 1. The van der Waals surface area contributed by atoms with E-state index in [0.717, 1.165) is 6.07 Å². The number of halogens is 2. The predicted octanol–water partition coefficient (Wildman–Crippen LogP) is 4.16. The molecule has 0 aliphatic carbocycles. The second-order valence-corrected chi connectivity index (χ2v) is 8.28. The van der Waals surface area contributed by atoms with Crippen LogP contribution < -0.4 is 20.7 Å². The first-order valence-corrected chi connectivity index (χ1v) is 10.1. The molecule has 33 heavy (non-hydrogen) atoms. The monoisotopic (exact) mass is 482 g/mol. The highest BCUT2D eigenvalue weighted by molar-refractivity contribution is 6.30. The van der Waals surface area contributed by atoms with Crippen molar-refractivity contribution in [3.8, 4) is 11.6 Å². The lowest BCUT2D eigenvalue weighted by molar-refractivity contribution is -0.137. The van der Waals surface area contributed by atoms with Crippen LogP contribution >= 0.6 is 11.6 Å². The number of hydrogen-bond acceptors (Lipinski definition) is 6. The number of carbonyl (C=O) groups excluding carboxylic acids is 2. The van der Waals surface area contributed by atoms with E-state index in [9.17, 15) is 18.8 Å². The number of carboxylic acids is 1. The van der Waals surface area contributed by atoms with Crippen molar-refractivity contribution in [2.45, 2.75) is 38.8 Å². The maximum atomic E-state index is 13.8. The predicted molar refractivity (Wildman–Crippen MR) is 118 cm³/mol. The molecule has 0 spiro atoms. The minimum Gasteiger partial charge on any atom is -0.481 e. The Morgan fingerprint density at radius 2 is 1.88 bits per heavy atom. The van der Waals surface area contributed by atoms with Gasteiger partial charge >= 0.3 is 18.1 Å². The largest absolute Gasteiger partial charge is 0.481 e. The second-order valence-electron chi connectivity index (χ2n) is 7.84.